The van der Waals surface area contributed by atoms with Gasteiger partial charge in [0.1, 0.15) is 0 Å². The molecule has 1 amide bonds. The van der Waals surface area contributed by atoms with Gasteiger partial charge in [0.05, 0.1) is 0 Å². The molecule has 2 saturated carbocycles. The molecule has 3 unspecified atom stereocenters. The monoisotopic (exact) mass is 253 g/mol. The summed E-state index contributed by atoms with van der Waals surface area (Å²) in [5, 5.41) is 0. The Morgan fingerprint density at radius 1 is 1.33 bits per heavy atom. The lowest BCUT2D eigenvalue weighted by Gasteiger charge is -2.44. The summed E-state index contributed by atoms with van der Waals surface area (Å²) in [6, 6.07) is 0.466. The van der Waals surface area contributed by atoms with E-state index in [1.165, 1.54) is 19.3 Å². The number of carbonyl (C=O) groups is 1. The zero-order valence-corrected chi connectivity index (χ0v) is 11.6. The molecule has 4 nitrogen and oxygen atoms in total. The second-order valence-corrected chi connectivity index (χ2v) is 6.23. The van der Waals surface area contributed by atoms with E-state index in [1.54, 1.807) is 0 Å². The van der Waals surface area contributed by atoms with Gasteiger partial charge in [-0.1, -0.05) is 6.42 Å². The van der Waals surface area contributed by atoms with Crippen LogP contribution in [0.1, 0.15) is 39.0 Å². The Bertz CT molecular complexity index is 293. The number of carbonyl (C=O) groups excluding carboxylic acids is 1. The average molecular weight is 253 g/mol. The molecular weight excluding hydrogens is 226 g/mol. The van der Waals surface area contributed by atoms with E-state index in [9.17, 15) is 4.79 Å². The highest BCUT2D eigenvalue weighted by Gasteiger charge is 2.41. The molecule has 104 valence electrons. The van der Waals surface area contributed by atoms with E-state index in [1.807, 2.05) is 18.9 Å². The summed E-state index contributed by atoms with van der Waals surface area (Å²) in [5.74, 6) is 1.58. The van der Waals surface area contributed by atoms with Crippen molar-refractivity contribution in [2.75, 3.05) is 13.6 Å². The van der Waals surface area contributed by atoms with Gasteiger partial charge in [0, 0.05) is 31.6 Å². The van der Waals surface area contributed by atoms with E-state index in [2.05, 4.69) is 0 Å². The van der Waals surface area contributed by atoms with E-state index >= 15 is 0 Å². The predicted octanol–water partition coefficient (Wildman–Crippen LogP) is 0.946. The van der Waals surface area contributed by atoms with Crippen LogP contribution in [-0.2, 0) is 4.79 Å². The molecule has 2 aliphatic carbocycles. The first kappa shape index (κ1) is 13.8. The topological polar surface area (TPSA) is 72.3 Å². The lowest BCUT2D eigenvalue weighted by molar-refractivity contribution is -0.139. The van der Waals surface area contributed by atoms with Gasteiger partial charge in [-0.25, -0.2) is 0 Å². The molecule has 0 radical (unpaired) electrons. The van der Waals surface area contributed by atoms with Crippen LogP contribution in [0.5, 0.6) is 0 Å². The average Bonchev–Trinajstić information content (AvgIpc) is 2.35. The van der Waals surface area contributed by atoms with Crippen molar-refractivity contribution in [3.63, 3.8) is 0 Å². The SMILES string of the molecule is CC(CN)N(C)C(=O)C1CC2CCCC(C1)C2N. The van der Waals surface area contributed by atoms with Gasteiger partial charge in [-0.05, 0) is 44.4 Å². The number of nitrogens with two attached hydrogens (primary N) is 2. The van der Waals surface area contributed by atoms with Crippen LogP contribution in [0.2, 0.25) is 0 Å². The Morgan fingerprint density at radius 2 is 1.89 bits per heavy atom. The minimum absolute atomic E-state index is 0.132. The molecule has 2 rings (SSSR count). The van der Waals surface area contributed by atoms with E-state index in [4.69, 9.17) is 11.5 Å². The molecule has 0 saturated heterocycles. The minimum Gasteiger partial charge on any atom is -0.342 e. The maximum absolute atomic E-state index is 12.5. The molecule has 0 aromatic carbocycles. The van der Waals surface area contributed by atoms with Crippen LogP contribution in [0.4, 0.5) is 0 Å². The van der Waals surface area contributed by atoms with E-state index in [-0.39, 0.29) is 17.9 Å². The molecule has 2 aliphatic rings. The van der Waals surface area contributed by atoms with Crippen molar-refractivity contribution in [1.82, 2.24) is 4.90 Å². The van der Waals surface area contributed by atoms with Gasteiger partial charge >= 0.3 is 0 Å². The first-order valence-electron chi connectivity index (χ1n) is 7.27. The van der Waals surface area contributed by atoms with Crippen LogP contribution >= 0.6 is 0 Å². The first-order valence-corrected chi connectivity index (χ1v) is 7.27. The summed E-state index contributed by atoms with van der Waals surface area (Å²) < 4.78 is 0. The Morgan fingerprint density at radius 3 is 2.39 bits per heavy atom. The fraction of sp³-hybridized carbons (Fsp3) is 0.929. The van der Waals surface area contributed by atoms with Crippen LogP contribution < -0.4 is 11.5 Å². The lowest BCUT2D eigenvalue weighted by Crippen LogP contribution is -2.51. The third kappa shape index (κ3) is 2.54. The summed E-state index contributed by atoms with van der Waals surface area (Å²) in [4.78, 5) is 14.3. The molecule has 18 heavy (non-hydrogen) atoms. The molecule has 3 atom stereocenters. The second-order valence-electron chi connectivity index (χ2n) is 6.23. The van der Waals surface area contributed by atoms with Crippen molar-refractivity contribution >= 4 is 5.91 Å². The third-order valence-electron chi connectivity index (χ3n) is 5.11. The molecular formula is C14H27N3O. The molecule has 0 spiro atoms. The largest absolute Gasteiger partial charge is 0.342 e. The Kier molecular flexibility index (Phi) is 4.28. The number of hydrogen-bond donors (Lipinski definition) is 2. The zero-order chi connectivity index (χ0) is 13.3. The quantitative estimate of drug-likeness (QED) is 0.786. The zero-order valence-electron chi connectivity index (χ0n) is 11.6. The summed E-state index contributed by atoms with van der Waals surface area (Å²) in [7, 11) is 1.88. The van der Waals surface area contributed by atoms with Crippen molar-refractivity contribution in [2.24, 2.45) is 29.2 Å². The molecule has 4 N–H and O–H groups in total. The molecule has 2 fully saturated rings. The number of fused-ring (bicyclic) bond motifs is 2. The third-order valence-corrected chi connectivity index (χ3v) is 5.11. The van der Waals surface area contributed by atoms with Crippen LogP contribution in [0.15, 0.2) is 0 Å². The van der Waals surface area contributed by atoms with Gasteiger partial charge in [0.15, 0.2) is 0 Å². The standard InChI is InChI=1S/C14H27N3O/c1-9(8-15)17(2)14(18)12-6-10-4-3-5-11(7-12)13(10)16/h9-13H,3-8,15-16H2,1-2H3. The van der Waals surface area contributed by atoms with E-state index in [0.717, 1.165) is 12.8 Å². The van der Waals surface area contributed by atoms with E-state index < -0.39 is 0 Å². The summed E-state index contributed by atoms with van der Waals surface area (Å²) in [6.07, 6.45) is 5.67. The van der Waals surface area contributed by atoms with Crippen LogP contribution in [0.3, 0.4) is 0 Å². The number of likely N-dealkylation sites (N-methyl/N-ethyl adjacent to an activating group) is 1. The van der Waals surface area contributed by atoms with Crippen molar-refractivity contribution in [3.8, 4) is 0 Å². The van der Waals surface area contributed by atoms with Crippen molar-refractivity contribution in [3.05, 3.63) is 0 Å². The first-order chi connectivity index (χ1) is 8.54. The second kappa shape index (κ2) is 5.57. The Labute approximate surface area is 110 Å². The van der Waals surface area contributed by atoms with Gasteiger partial charge < -0.3 is 16.4 Å². The molecule has 4 heteroatoms. The highest BCUT2D eigenvalue weighted by atomic mass is 16.2. The summed E-state index contributed by atoms with van der Waals surface area (Å²) in [5.41, 5.74) is 11.9. The highest BCUT2D eigenvalue weighted by Crippen LogP contribution is 2.42. The molecule has 2 bridgehead atoms. The highest BCUT2D eigenvalue weighted by molar-refractivity contribution is 5.79. The number of amides is 1. The number of hydrogen-bond acceptors (Lipinski definition) is 3. The normalized spacial score (nSPS) is 37.1. The molecule has 0 aromatic rings. The Balaban J connectivity index is 2.00. The fourth-order valence-corrected chi connectivity index (χ4v) is 3.65. The molecule has 0 heterocycles. The molecule has 0 aromatic heterocycles. The van der Waals surface area contributed by atoms with Gasteiger partial charge in [-0.2, -0.15) is 0 Å². The summed E-state index contributed by atoms with van der Waals surface area (Å²) >= 11 is 0. The lowest BCUT2D eigenvalue weighted by atomic mass is 9.65. The van der Waals surface area contributed by atoms with Crippen LogP contribution in [0, 0.1) is 17.8 Å². The van der Waals surface area contributed by atoms with Crippen molar-refractivity contribution in [1.29, 1.82) is 0 Å². The van der Waals surface area contributed by atoms with Gasteiger partial charge in [-0.3, -0.25) is 4.79 Å². The maximum atomic E-state index is 12.5. The number of rotatable bonds is 3. The van der Waals surface area contributed by atoms with Crippen molar-refractivity contribution in [2.45, 2.75) is 51.1 Å². The van der Waals surface area contributed by atoms with Gasteiger partial charge in [0.2, 0.25) is 5.91 Å². The Hall–Kier alpha value is -0.610. The van der Waals surface area contributed by atoms with E-state index in [0.29, 0.717) is 24.4 Å². The minimum atomic E-state index is 0.132. The van der Waals surface area contributed by atoms with Gasteiger partial charge in [-0.15, -0.1) is 0 Å². The number of nitrogens with zero attached hydrogens (tertiary/aromatic N) is 1. The van der Waals surface area contributed by atoms with Gasteiger partial charge in [0.25, 0.3) is 0 Å². The van der Waals surface area contributed by atoms with Crippen LogP contribution in [-0.4, -0.2) is 36.5 Å². The smallest absolute Gasteiger partial charge is 0.225 e. The maximum Gasteiger partial charge on any atom is 0.225 e. The van der Waals surface area contributed by atoms with Crippen molar-refractivity contribution < 1.29 is 4.79 Å². The molecule has 0 aliphatic heterocycles. The van der Waals surface area contributed by atoms with Crippen LogP contribution in [0.25, 0.3) is 0 Å². The fourth-order valence-electron chi connectivity index (χ4n) is 3.65. The summed E-state index contributed by atoms with van der Waals surface area (Å²) in [6.45, 7) is 2.54. The predicted molar refractivity (Wildman–Crippen MR) is 72.8 cm³/mol.